The number of anilines is 1. The van der Waals surface area contributed by atoms with Crippen LogP contribution in [0, 0.1) is 0 Å². The van der Waals surface area contributed by atoms with E-state index in [0.717, 1.165) is 19.5 Å². The van der Waals surface area contributed by atoms with Crippen molar-refractivity contribution in [3.05, 3.63) is 22.7 Å². The van der Waals surface area contributed by atoms with Gasteiger partial charge >= 0.3 is 0 Å². The van der Waals surface area contributed by atoms with E-state index in [9.17, 15) is 4.79 Å². The minimum absolute atomic E-state index is 0.119. The van der Waals surface area contributed by atoms with Gasteiger partial charge in [-0.05, 0) is 19.4 Å². The number of aromatic amines is 1. The van der Waals surface area contributed by atoms with Gasteiger partial charge in [0.05, 0.1) is 6.33 Å². The lowest BCUT2D eigenvalue weighted by Gasteiger charge is -2.23. The largest absolute Gasteiger partial charge is 0.366 e. The lowest BCUT2D eigenvalue weighted by molar-refractivity contribution is 0.479. The summed E-state index contributed by atoms with van der Waals surface area (Å²) in [6.45, 7) is 2.02. The number of nitrogens with one attached hydrogen (secondary N) is 3. The quantitative estimate of drug-likeness (QED) is 0.616. The highest BCUT2D eigenvalue weighted by atomic mass is 16.1. The third-order valence-corrected chi connectivity index (χ3v) is 2.33. The lowest BCUT2D eigenvalue weighted by atomic mass is 10.1. The van der Waals surface area contributed by atoms with Crippen LogP contribution in [0.4, 0.5) is 5.82 Å². The summed E-state index contributed by atoms with van der Waals surface area (Å²) in [5, 5.41) is 6.52. The number of H-pyrrole nitrogens is 1. The van der Waals surface area contributed by atoms with Gasteiger partial charge in [0.25, 0.3) is 5.56 Å². The number of nitrogens with zero attached hydrogens (tertiary/aromatic N) is 1. The van der Waals surface area contributed by atoms with E-state index in [2.05, 4.69) is 20.6 Å². The highest BCUT2D eigenvalue weighted by Gasteiger charge is 2.12. The first-order valence-electron chi connectivity index (χ1n) is 4.86. The van der Waals surface area contributed by atoms with Crippen molar-refractivity contribution in [3.63, 3.8) is 0 Å². The maximum absolute atomic E-state index is 11.0. The number of rotatable bonds is 2. The van der Waals surface area contributed by atoms with Crippen LogP contribution in [0.15, 0.2) is 17.2 Å². The molecule has 2 rings (SSSR count). The zero-order chi connectivity index (χ0) is 9.80. The summed E-state index contributed by atoms with van der Waals surface area (Å²) in [6.07, 6.45) is 3.71. The van der Waals surface area contributed by atoms with Crippen molar-refractivity contribution in [2.75, 3.05) is 18.4 Å². The Labute approximate surface area is 82.0 Å². The third kappa shape index (κ3) is 2.32. The molecule has 1 aromatic rings. The molecule has 0 amide bonds. The lowest BCUT2D eigenvalue weighted by Crippen LogP contribution is -2.38. The van der Waals surface area contributed by atoms with Crippen LogP contribution in [0.25, 0.3) is 0 Å². The molecule has 1 aromatic heterocycles. The zero-order valence-corrected chi connectivity index (χ0v) is 7.92. The van der Waals surface area contributed by atoms with Crippen molar-refractivity contribution in [2.45, 2.75) is 18.9 Å². The summed E-state index contributed by atoms with van der Waals surface area (Å²) in [7, 11) is 0. The molecule has 14 heavy (non-hydrogen) atoms. The Morgan fingerprint density at radius 2 is 2.50 bits per heavy atom. The number of piperidine rings is 1. The second kappa shape index (κ2) is 4.23. The third-order valence-electron chi connectivity index (χ3n) is 2.33. The molecule has 0 bridgehead atoms. The van der Waals surface area contributed by atoms with Gasteiger partial charge in [-0.15, -0.1) is 0 Å². The number of hydrogen-bond donors (Lipinski definition) is 3. The molecular weight excluding hydrogens is 180 g/mol. The van der Waals surface area contributed by atoms with Crippen LogP contribution in [0.1, 0.15) is 12.8 Å². The van der Waals surface area contributed by atoms with Crippen LogP contribution in [0.5, 0.6) is 0 Å². The van der Waals surface area contributed by atoms with Gasteiger partial charge in [0.1, 0.15) is 5.82 Å². The van der Waals surface area contributed by atoms with E-state index >= 15 is 0 Å². The fraction of sp³-hybridized carbons (Fsp3) is 0.556. The van der Waals surface area contributed by atoms with Crippen LogP contribution in [0.3, 0.4) is 0 Å². The van der Waals surface area contributed by atoms with E-state index < -0.39 is 0 Å². The van der Waals surface area contributed by atoms with Gasteiger partial charge in [-0.25, -0.2) is 4.98 Å². The van der Waals surface area contributed by atoms with E-state index in [0.29, 0.717) is 11.9 Å². The van der Waals surface area contributed by atoms with Crippen LogP contribution in [-0.2, 0) is 0 Å². The number of hydrogen-bond acceptors (Lipinski definition) is 4. The Kier molecular flexibility index (Phi) is 2.78. The van der Waals surface area contributed by atoms with Gasteiger partial charge < -0.3 is 15.6 Å². The summed E-state index contributed by atoms with van der Waals surface area (Å²) in [5.74, 6) is 0.655. The first kappa shape index (κ1) is 9.21. The molecule has 1 fully saturated rings. The van der Waals surface area contributed by atoms with Gasteiger partial charge in [0.15, 0.2) is 0 Å². The monoisotopic (exact) mass is 194 g/mol. The Bertz CT molecular complexity index is 343. The van der Waals surface area contributed by atoms with Crippen LogP contribution in [-0.4, -0.2) is 29.1 Å². The van der Waals surface area contributed by atoms with E-state index in [1.54, 1.807) is 0 Å². The summed E-state index contributed by atoms with van der Waals surface area (Å²) in [6, 6.07) is 1.87. The molecule has 0 spiro atoms. The molecule has 5 heteroatoms. The Morgan fingerprint density at radius 3 is 3.21 bits per heavy atom. The Morgan fingerprint density at radius 1 is 1.57 bits per heavy atom. The first-order valence-corrected chi connectivity index (χ1v) is 4.86. The van der Waals surface area contributed by atoms with Gasteiger partial charge in [-0.2, -0.15) is 0 Å². The van der Waals surface area contributed by atoms with Gasteiger partial charge in [-0.3, -0.25) is 4.79 Å². The fourth-order valence-corrected chi connectivity index (χ4v) is 1.63. The summed E-state index contributed by atoms with van der Waals surface area (Å²) in [5.41, 5.74) is -0.119. The molecule has 3 N–H and O–H groups in total. The molecule has 0 aromatic carbocycles. The molecule has 1 aliphatic rings. The van der Waals surface area contributed by atoms with Crippen LogP contribution < -0.4 is 16.2 Å². The van der Waals surface area contributed by atoms with Crippen molar-refractivity contribution >= 4 is 5.82 Å². The standard InChI is InChI=1S/C9H14N4O/c14-9-4-8(11-6-12-9)13-7-2-1-3-10-5-7/h4,6-7,10H,1-3,5H2,(H2,11,12,13,14). The minimum Gasteiger partial charge on any atom is -0.366 e. The predicted octanol–water partition coefficient (Wildman–Crippen LogP) is -0.0662. The molecular formula is C9H14N4O. The van der Waals surface area contributed by atoms with E-state index in [4.69, 9.17) is 0 Å². The number of aromatic nitrogens is 2. The minimum atomic E-state index is -0.119. The average molecular weight is 194 g/mol. The topological polar surface area (TPSA) is 69.8 Å². The van der Waals surface area contributed by atoms with Crippen molar-refractivity contribution in [1.82, 2.24) is 15.3 Å². The van der Waals surface area contributed by atoms with E-state index in [-0.39, 0.29) is 5.56 Å². The fourth-order valence-electron chi connectivity index (χ4n) is 1.63. The molecule has 5 nitrogen and oxygen atoms in total. The second-order valence-electron chi connectivity index (χ2n) is 3.48. The molecule has 0 aliphatic carbocycles. The molecule has 1 unspecified atom stereocenters. The molecule has 76 valence electrons. The molecule has 1 aliphatic heterocycles. The second-order valence-corrected chi connectivity index (χ2v) is 3.48. The summed E-state index contributed by atoms with van der Waals surface area (Å²) in [4.78, 5) is 17.5. The smallest absolute Gasteiger partial charge is 0.252 e. The molecule has 0 saturated carbocycles. The van der Waals surface area contributed by atoms with Gasteiger partial charge in [0.2, 0.25) is 0 Å². The summed E-state index contributed by atoms with van der Waals surface area (Å²) < 4.78 is 0. The van der Waals surface area contributed by atoms with Crippen molar-refractivity contribution in [2.24, 2.45) is 0 Å². The van der Waals surface area contributed by atoms with Crippen LogP contribution in [0.2, 0.25) is 0 Å². The van der Waals surface area contributed by atoms with E-state index in [1.807, 2.05) is 0 Å². The molecule has 2 heterocycles. The SMILES string of the molecule is O=c1cc(NC2CCCNC2)nc[nH]1. The zero-order valence-electron chi connectivity index (χ0n) is 7.92. The Balaban J connectivity index is 1.99. The highest BCUT2D eigenvalue weighted by Crippen LogP contribution is 2.07. The van der Waals surface area contributed by atoms with Crippen molar-refractivity contribution in [1.29, 1.82) is 0 Å². The molecule has 1 atom stereocenters. The predicted molar refractivity (Wildman–Crippen MR) is 54.4 cm³/mol. The highest BCUT2D eigenvalue weighted by molar-refractivity contribution is 5.33. The molecule has 0 radical (unpaired) electrons. The molecule has 1 saturated heterocycles. The first-order chi connectivity index (χ1) is 6.84. The van der Waals surface area contributed by atoms with E-state index in [1.165, 1.54) is 18.8 Å². The average Bonchev–Trinajstić information content (AvgIpc) is 2.19. The van der Waals surface area contributed by atoms with Gasteiger partial charge in [-0.1, -0.05) is 0 Å². The maximum atomic E-state index is 11.0. The normalized spacial score (nSPS) is 21.9. The van der Waals surface area contributed by atoms with Crippen LogP contribution >= 0.6 is 0 Å². The Hall–Kier alpha value is -1.36. The van der Waals surface area contributed by atoms with Crippen molar-refractivity contribution in [3.8, 4) is 0 Å². The maximum Gasteiger partial charge on any atom is 0.252 e. The summed E-state index contributed by atoms with van der Waals surface area (Å²) >= 11 is 0. The van der Waals surface area contributed by atoms with Gasteiger partial charge in [0, 0.05) is 18.7 Å². The van der Waals surface area contributed by atoms with Crippen molar-refractivity contribution < 1.29 is 0 Å².